The van der Waals surface area contributed by atoms with Crippen molar-refractivity contribution in [3.8, 4) is 5.75 Å². The van der Waals surface area contributed by atoms with Crippen LogP contribution in [0.2, 0.25) is 0 Å². The first-order valence-electron chi connectivity index (χ1n) is 7.80. The first-order chi connectivity index (χ1) is 11.7. The van der Waals surface area contributed by atoms with E-state index in [0.29, 0.717) is 0 Å². The number of benzene rings is 2. The summed E-state index contributed by atoms with van der Waals surface area (Å²) in [5, 5.41) is 12.6. The van der Waals surface area contributed by atoms with Crippen molar-refractivity contribution in [1.29, 1.82) is 0 Å². The van der Waals surface area contributed by atoms with Gasteiger partial charge in [-0.15, -0.1) is 0 Å². The average Bonchev–Trinajstić information content (AvgIpc) is 2.61. The second-order valence-corrected chi connectivity index (χ2v) is 5.56. The Morgan fingerprint density at radius 3 is 2.04 bits per heavy atom. The van der Waals surface area contributed by atoms with Gasteiger partial charge in [-0.2, -0.15) is 4.57 Å². The molecule has 0 atom stereocenters. The van der Waals surface area contributed by atoms with Crippen LogP contribution in [0.15, 0.2) is 85.2 Å². The van der Waals surface area contributed by atoms with E-state index in [0.717, 1.165) is 11.1 Å². The van der Waals surface area contributed by atoms with Crippen molar-refractivity contribution in [2.75, 3.05) is 0 Å². The average molecular weight is 319 g/mol. The number of pyridine rings is 1. The SMILES string of the molecule is O=C(C[n+]1cccc(O)c1)NC(c1ccccc1)c1ccccc1. The van der Waals surface area contributed by atoms with Crippen LogP contribution in [0.5, 0.6) is 5.75 Å². The second-order valence-electron chi connectivity index (χ2n) is 5.56. The van der Waals surface area contributed by atoms with Gasteiger partial charge in [0.1, 0.15) is 0 Å². The van der Waals surface area contributed by atoms with Crippen LogP contribution in [0.1, 0.15) is 17.2 Å². The Morgan fingerprint density at radius 1 is 0.917 bits per heavy atom. The Labute approximate surface area is 141 Å². The number of nitrogens with zero attached hydrogens (tertiary/aromatic N) is 1. The zero-order valence-electron chi connectivity index (χ0n) is 13.2. The van der Waals surface area contributed by atoms with Crippen molar-refractivity contribution >= 4 is 5.91 Å². The lowest BCUT2D eigenvalue weighted by molar-refractivity contribution is -0.684. The highest BCUT2D eigenvalue weighted by molar-refractivity contribution is 5.75. The minimum absolute atomic E-state index is 0.122. The van der Waals surface area contributed by atoms with Crippen molar-refractivity contribution in [3.63, 3.8) is 0 Å². The molecule has 0 saturated carbocycles. The molecule has 24 heavy (non-hydrogen) atoms. The molecule has 2 aromatic carbocycles. The van der Waals surface area contributed by atoms with Crippen LogP contribution in [-0.2, 0) is 11.3 Å². The van der Waals surface area contributed by atoms with Crippen LogP contribution in [0.4, 0.5) is 0 Å². The minimum atomic E-state index is -0.210. The van der Waals surface area contributed by atoms with E-state index in [-0.39, 0.29) is 24.2 Å². The van der Waals surface area contributed by atoms with Gasteiger partial charge >= 0.3 is 0 Å². The normalized spacial score (nSPS) is 10.5. The summed E-state index contributed by atoms with van der Waals surface area (Å²) in [7, 11) is 0. The maximum Gasteiger partial charge on any atom is 0.286 e. The first-order valence-corrected chi connectivity index (χ1v) is 7.80. The monoisotopic (exact) mass is 319 g/mol. The predicted molar refractivity (Wildman–Crippen MR) is 91.2 cm³/mol. The summed E-state index contributed by atoms with van der Waals surface area (Å²) in [5.74, 6) is 0.0104. The minimum Gasteiger partial charge on any atom is -0.503 e. The van der Waals surface area contributed by atoms with Crippen molar-refractivity contribution < 1.29 is 14.5 Å². The number of carbonyl (C=O) groups excluding carboxylic acids is 1. The van der Waals surface area contributed by atoms with Crippen LogP contribution >= 0.6 is 0 Å². The molecule has 1 aromatic heterocycles. The highest BCUT2D eigenvalue weighted by atomic mass is 16.3. The summed E-state index contributed by atoms with van der Waals surface area (Å²) < 4.78 is 1.65. The van der Waals surface area contributed by atoms with E-state index in [9.17, 15) is 9.90 Å². The molecule has 0 saturated heterocycles. The molecular weight excluding hydrogens is 300 g/mol. The van der Waals surface area contributed by atoms with Crippen molar-refractivity contribution in [2.24, 2.45) is 0 Å². The number of carbonyl (C=O) groups is 1. The van der Waals surface area contributed by atoms with E-state index in [2.05, 4.69) is 5.32 Å². The smallest absolute Gasteiger partial charge is 0.286 e. The van der Waals surface area contributed by atoms with Gasteiger partial charge in [0.2, 0.25) is 12.7 Å². The summed E-state index contributed by atoms with van der Waals surface area (Å²) in [6.07, 6.45) is 3.28. The maximum atomic E-state index is 12.5. The van der Waals surface area contributed by atoms with Crippen molar-refractivity contribution in [1.82, 2.24) is 5.32 Å². The molecule has 0 bridgehead atoms. The number of aromatic nitrogens is 1. The molecule has 1 amide bonds. The topological polar surface area (TPSA) is 53.2 Å². The molecule has 0 radical (unpaired) electrons. The summed E-state index contributed by atoms with van der Waals surface area (Å²) in [6.45, 7) is 0.143. The fourth-order valence-electron chi connectivity index (χ4n) is 2.63. The van der Waals surface area contributed by atoms with E-state index in [1.54, 1.807) is 22.9 Å². The third-order valence-corrected chi connectivity index (χ3v) is 3.74. The summed E-state index contributed by atoms with van der Waals surface area (Å²) >= 11 is 0. The number of aromatic hydroxyl groups is 1. The van der Waals surface area contributed by atoms with Gasteiger partial charge in [-0.05, 0) is 17.2 Å². The van der Waals surface area contributed by atoms with Gasteiger partial charge in [-0.3, -0.25) is 4.79 Å². The molecule has 120 valence electrons. The van der Waals surface area contributed by atoms with Gasteiger partial charge in [-0.1, -0.05) is 60.7 Å². The summed E-state index contributed by atoms with van der Waals surface area (Å²) in [4.78, 5) is 12.5. The third-order valence-electron chi connectivity index (χ3n) is 3.74. The highest BCUT2D eigenvalue weighted by Crippen LogP contribution is 2.21. The molecule has 0 spiro atoms. The number of hydrogen-bond acceptors (Lipinski definition) is 2. The molecule has 4 heteroatoms. The zero-order chi connectivity index (χ0) is 16.8. The highest BCUT2D eigenvalue weighted by Gasteiger charge is 2.18. The molecule has 1 heterocycles. The summed E-state index contributed by atoms with van der Waals surface area (Å²) in [5.41, 5.74) is 2.05. The molecule has 0 aliphatic rings. The largest absolute Gasteiger partial charge is 0.503 e. The van der Waals surface area contributed by atoms with Crippen LogP contribution in [0, 0.1) is 0 Å². The fourth-order valence-corrected chi connectivity index (χ4v) is 2.63. The molecule has 0 fully saturated rings. The number of nitrogens with one attached hydrogen (secondary N) is 1. The second kappa shape index (κ2) is 7.42. The lowest BCUT2D eigenvalue weighted by atomic mass is 9.99. The van der Waals surface area contributed by atoms with E-state index in [1.807, 2.05) is 60.7 Å². The van der Waals surface area contributed by atoms with Crippen molar-refractivity contribution in [2.45, 2.75) is 12.6 Å². The molecule has 0 unspecified atom stereocenters. The van der Waals surface area contributed by atoms with E-state index >= 15 is 0 Å². The van der Waals surface area contributed by atoms with Gasteiger partial charge in [0.15, 0.2) is 11.9 Å². The van der Waals surface area contributed by atoms with Crippen LogP contribution in [-0.4, -0.2) is 11.0 Å². The van der Waals surface area contributed by atoms with Gasteiger partial charge < -0.3 is 10.4 Å². The Morgan fingerprint density at radius 2 is 1.50 bits per heavy atom. The van der Waals surface area contributed by atoms with Crippen LogP contribution in [0.25, 0.3) is 0 Å². The van der Waals surface area contributed by atoms with Crippen molar-refractivity contribution in [3.05, 3.63) is 96.3 Å². The Hall–Kier alpha value is -3.14. The van der Waals surface area contributed by atoms with Crippen LogP contribution in [0.3, 0.4) is 0 Å². The summed E-state index contributed by atoms with van der Waals surface area (Å²) in [6, 6.07) is 22.8. The lowest BCUT2D eigenvalue weighted by Gasteiger charge is -2.19. The zero-order valence-corrected chi connectivity index (χ0v) is 13.2. The maximum absolute atomic E-state index is 12.5. The number of hydrogen-bond donors (Lipinski definition) is 2. The molecular formula is C20H19N2O2+. The van der Waals surface area contributed by atoms with Crippen LogP contribution < -0.4 is 9.88 Å². The third kappa shape index (κ3) is 3.98. The van der Waals surface area contributed by atoms with E-state index in [4.69, 9.17) is 0 Å². The van der Waals surface area contributed by atoms with Gasteiger partial charge in [0.05, 0.1) is 6.04 Å². The molecule has 3 aromatic rings. The van der Waals surface area contributed by atoms with Gasteiger partial charge in [-0.25, -0.2) is 0 Å². The van der Waals surface area contributed by atoms with E-state index < -0.39 is 0 Å². The first kappa shape index (κ1) is 15.7. The van der Waals surface area contributed by atoms with Gasteiger partial charge in [0, 0.05) is 6.07 Å². The predicted octanol–water partition coefficient (Wildman–Crippen LogP) is 2.59. The number of rotatable bonds is 5. The molecule has 0 aliphatic heterocycles. The molecule has 2 N–H and O–H groups in total. The Balaban J connectivity index is 1.80. The fraction of sp³-hybridized carbons (Fsp3) is 0.100. The molecule has 0 aliphatic carbocycles. The number of amides is 1. The lowest BCUT2D eigenvalue weighted by Crippen LogP contribution is -2.43. The van der Waals surface area contributed by atoms with Gasteiger partial charge in [0.25, 0.3) is 5.91 Å². The Kier molecular flexibility index (Phi) is 4.87. The molecule has 3 rings (SSSR count). The quantitative estimate of drug-likeness (QED) is 0.710. The van der Waals surface area contributed by atoms with E-state index in [1.165, 1.54) is 6.20 Å². The molecule has 4 nitrogen and oxygen atoms in total. The Bertz CT molecular complexity index is 765. The standard InChI is InChI=1S/C20H18N2O2/c23-18-12-7-13-22(14-18)15-19(24)21-20(16-8-3-1-4-9-16)17-10-5-2-6-11-17/h1-14,20H,15H2,(H-,21,23,24)/p+1.